The highest BCUT2D eigenvalue weighted by molar-refractivity contribution is 7.81. The average molecular weight is 483 g/mol. The number of para-hydroxylation sites is 1. The Morgan fingerprint density at radius 1 is 0.857 bits per heavy atom. The second-order valence-electron chi connectivity index (χ2n) is 8.30. The fraction of sp³-hybridized carbons (Fsp3) is 0.0370. The van der Waals surface area contributed by atoms with E-state index in [1.54, 1.807) is 24.3 Å². The van der Waals surface area contributed by atoms with Crippen molar-refractivity contribution >= 4 is 34.6 Å². The molecule has 6 rings (SSSR count). The maximum absolute atomic E-state index is 13.3. The van der Waals surface area contributed by atoms with Crippen LogP contribution in [0, 0.1) is 0 Å². The maximum atomic E-state index is 13.3. The molecule has 0 aliphatic carbocycles. The largest absolute Gasteiger partial charge is 0.508 e. The number of nitrogens with one attached hydrogen (secondary N) is 1. The van der Waals surface area contributed by atoms with Gasteiger partial charge < -0.3 is 30.7 Å². The van der Waals surface area contributed by atoms with Gasteiger partial charge >= 0.3 is 5.97 Å². The first-order chi connectivity index (χ1) is 16.9. The molecule has 0 aromatic heterocycles. The first-order valence-electron chi connectivity index (χ1n) is 10.8. The van der Waals surface area contributed by atoms with E-state index in [9.17, 15) is 15.0 Å². The number of anilines is 2. The normalized spacial score (nSPS) is 14.3. The van der Waals surface area contributed by atoms with Crippen LogP contribution in [0.15, 0.2) is 78.9 Å². The average Bonchev–Trinajstić information content (AvgIpc) is 3.13. The Bertz CT molecular complexity index is 1500. The van der Waals surface area contributed by atoms with Crippen LogP contribution in [0.2, 0.25) is 0 Å². The predicted octanol–water partition coefficient (Wildman–Crippen LogP) is 5.04. The number of ether oxygens (including phenoxy) is 2. The Balaban J connectivity index is 1.55. The SMILES string of the molecule is Nc1c(C(=S)Nc2ccccc2)ccc2c1C(=O)OC21c2ccc(O)cc2Oc2cc(O)ccc21. The standard InChI is InChI=1S/C27H18N2O5S/c28-24-17(25(35)29-14-4-2-1-3-5-14)8-11-20-23(24)26(32)34-27(20)18-9-6-15(30)12-21(18)33-22-13-16(31)7-10-19(22)27/h1-13,30-31H,28H2,(H,29,35). The molecular weight excluding hydrogens is 464 g/mol. The molecule has 0 fully saturated rings. The number of nitrogen functional groups attached to an aromatic ring is 1. The van der Waals surface area contributed by atoms with Gasteiger partial charge in [-0.15, -0.1) is 0 Å². The lowest BCUT2D eigenvalue weighted by atomic mass is 9.77. The highest BCUT2D eigenvalue weighted by atomic mass is 32.1. The van der Waals surface area contributed by atoms with Crippen molar-refractivity contribution in [2.45, 2.75) is 5.60 Å². The van der Waals surface area contributed by atoms with Crippen molar-refractivity contribution in [2.75, 3.05) is 11.1 Å². The summed E-state index contributed by atoms with van der Waals surface area (Å²) in [6, 6.07) is 22.1. The number of benzene rings is 4. The molecule has 0 amide bonds. The molecule has 7 nitrogen and oxygen atoms in total. The Morgan fingerprint density at radius 3 is 2.09 bits per heavy atom. The summed E-state index contributed by atoms with van der Waals surface area (Å²) >= 11 is 5.58. The van der Waals surface area contributed by atoms with E-state index in [1.807, 2.05) is 30.3 Å². The highest BCUT2D eigenvalue weighted by Crippen LogP contribution is 2.57. The number of phenols is 2. The van der Waals surface area contributed by atoms with Crippen LogP contribution >= 0.6 is 12.2 Å². The van der Waals surface area contributed by atoms with Crippen molar-refractivity contribution in [1.29, 1.82) is 0 Å². The van der Waals surface area contributed by atoms with E-state index in [-0.39, 0.29) is 22.7 Å². The Hall–Kier alpha value is -4.56. The van der Waals surface area contributed by atoms with E-state index in [0.29, 0.717) is 38.7 Å². The van der Waals surface area contributed by atoms with Crippen LogP contribution in [0.25, 0.3) is 0 Å². The Morgan fingerprint density at radius 2 is 1.46 bits per heavy atom. The third kappa shape index (κ3) is 3.04. The molecule has 0 bridgehead atoms. The zero-order valence-electron chi connectivity index (χ0n) is 18.1. The van der Waals surface area contributed by atoms with E-state index < -0.39 is 11.6 Å². The van der Waals surface area contributed by atoms with Crippen LogP contribution in [-0.4, -0.2) is 21.2 Å². The van der Waals surface area contributed by atoms with Gasteiger partial charge in [-0.3, -0.25) is 0 Å². The van der Waals surface area contributed by atoms with Gasteiger partial charge in [0.1, 0.15) is 28.0 Å². The van der Waals surface area contributed by atoms with Gasteiger partial charge in [-0.1, -0.05) is 36.5 Å². The summed E-state index contributed by atoms with van der Waals surface area (Å²) in [7, 11) is 0. The van der Waals surface area contributed by atoms with Crippen molar-refractivity contribution in [2.24, 2.45) is 0 Å². The summed E-state index contributed by atoms with van der Waals surface area (Å²) in [6.07, 6.45) is 0. The molecule has 2 aliphatic heterocycles. The monoisotopic (exact) mass is 482 g/mol. The third-order valence-electron chi connectivity index (χ3n) is 6.26. The summed E-state index contributed by atoms with van der Waals surface area (Å²) in [5.41, 5.74) is 8.42. The van der Waals surface area contributed by atoms with Gasteiger partial charge in [0.15, 0.2) is 5.60 Å². The highest BCUT2D eigenvalue weighted by Gasteiger charge is 2.54. The summed E-state index contributed by atoms with van der Waals surface area (Å²) in [4.78, 5) is 13.7. The minimum Gasteiger partial charge on any atom is -0.508 e. The van der Waals surface area contributed by atoms with E-state index in [4.69, 9.17) is 27.4 Å². The number of hydrogen-bond acceptors (Lipinski definition) is 7. The van der Waals surface area contributed by atoms with Crippen LogP contribution in [0.1, 0.15) is 32.6 Å². The second-order valence-corrected chi connectivity index (χ2v) is 8.71. The summed E-state index contributed by atoms with van der Waals surface area (Å²) < 4.78 is 12.1. The predicted molar refractivity (Wildman–Crippen MR) is 134 cm³/mol. The summed E-state index contributed by atoms with van der Waals surface area (Å²) in [5.74, 6) is -0.0411. The van der Waals surface area contributed by atoms with Crippen molar-refractivity contribution in [3.05, 3.63) is 107 Å². The minimum absolute atomic E-state index is 0.0146. The van der Waals surface area contributed by atoms with Crippen LogP contribution in [0.5, 0.6) is 23.0 Å². The second kappa shape index (κ2) is 7.48. The topological polar surface area (TPSA) is 114 Å². The van der Waals surface area contributed by atoms with Gasteiger partial charge in [-0.05, 0) is 42.5 Å². The van der Waals surface area contributed by atoms with E-state index in [0.717, 1.165) is 5.69 Å². The van der Waals surface area contributed by atoms with Gasteiger partial charge in [0, 0.05) is 40.1 Å². The van der Waals surface area contributed by atoms with Crippen molar-refractivity contribution < 1.29 is 24.5 Å². The minimum atomic E-state index is -1.38. The van der Waals surface area contributed by atoms with Gasteiger partial charge in [0.25, 0.3) is 0 Å². The molecule has 4 aromatic rings. The molecule has 8 heteroatoms. The quantitative estimate of drug-likeness (QED) is 0.179. The first kappa shape index (κ1) is 21.0. The van der Waals surface area contributed by atoms with Crippen LogP contribution in [0.4, 0.5) is 11.4 Å². The number of thiocarbonyl (C=S) groups is 1. The number of carbonyl (C=O) groups is 1. The lowest BCUT2D eigenvalue weighted by Crippen LogP contribution is -2.33. The molecular formula is C27H18N2O5S. The van der Waals surface area contributed by atoms with Crippen LogP contribution in [0.3, 0.4) is 0 Å². The lowest BCUT2D eigenvalue weighted by molar-refractivity contribution is 0.0224. The number of rotatable bonds is 2. The molecule has 1 spiro atoms. The smallest absolute Gasteiger partial charge is 0.342 e. The number of carbonyl (C=O) groups excluding carboxylic acids is 1. The van der Waals surface area contributed by atoms with Gasteiger partial charge in [0.2, 0.25) is 0 Å². The van der Waals surface area contributed by atoms with Crippen molar-refractivity contribution in [1.82, 2.24) is 0 Å². The summed E-state index contributed by atoms with van der Waals surface area (Å²) in [6.45, 7) is 0. The molecule has 2 aliphatic rings. The fourth-order valence-corrected chi connectivity index (χ4v) is 5.03. The molecule has 172 valence electrons. The number of phenolic OH excluding ortho intramolecular Hbond substituents is 2. The van der Waals surface area contributed by atoms with Crippen LogP contribution in [-0.2, 0) is 10.3 Å². The van der Waals surface area contributed by atoms with E-state index >= 15 is 0 Å². The fourth-order valence-electron chi connectivity index (χ4n) is 4.73. The number of nitrogens with two attached hydrogens (primary N) is 1. The number of fused-ring (bicyclic) bond motifs is 6. The molecule has 35 heavy (non-hydrogen) atoms. The van der Waals surface area contributed by atoms with Gasteiger partial charge in [-0.2, -0.15) is 0 Å². The number of hydrogen-bond donors (Lipinski definition) is 4. The number of esters is 1. The van der Waals surface area contributed by atoms with Crippen molar-refractivity contribution in [3.63, 3.8) is 0 Å². The van der Waals surface area contributed by atoms with Gasteiger partial charge in [-0.25, -0.2) is 4.79 Å². The zero-order valence-corrected chi connectivity index (χ0v) is 18.9. The zero-order chi connectivity index (χ0) is 24.3. The molecule has 0 radical (unpaired) electrons. The van der Waals surface area contributed by atoms with Crippen molar-refractivity contribution in [3.8, 4) is 23.0 Å². The molecule has 0 atom stereocenters. The number of aromatic hydroxyl groups is 2. The van der Waals surface area contributed by atoms with Gasteiger partial charge in [0.05, 0.1) is 11.3 Å². The maximum Gasteiger partial charge on any atom is 0.342 e. The molecule has 0 unspecified atom stereocenters. The molecule has 4 aromatic carbocycles. The lowest BCUT2D eigenvalue weighted by Gasteiger charge is -2.36. The molecule has 0 saturated carbocycles. The Kier molecular flexibility index (Phi) is 4.49. The molecule has 5 N–H and O–H groups in total. The summed E-state index contributed by atoms with van der Waals surface area (Å²) in [5, 5.41) is 23.3. The first-order valence-corrected chi connectivity index (χ1v) is 11.2. The molecule has 2 heterocycles. The molecule has 0 saturated heterocycles. The third-order valence-corrected chi connectivity index (χ3v) is 6.58. The van der Waals surface area contributed by atoms with E-state index in [2.05, 4.69) is 5.32 Å². The Labute approximate surface area is 205 Å². The van der Waals surface area contributed by atoms with E-state index in [1.165, 1.54) is 24.3 Å². The van der Waals surface area contributed by atoms with Crippen LogP contribution < -0.4 is 15.8 Å².